The summed E-state index contributed by atoms with van der Waals surface area (Å²) in [5, 5.41) is 10.6. The average molecular weight is 1300 g/mol. The van der Waals surface area contributed by atoms with Crippen LogP contribution in [0.1, 0.15) is 350 Å². The summed E-state index contributed by atoms with van der Waals surface area (Å²) >= 11 is 0. The molecule has 0 saturated heterocycles. The number of phosphoric ester groups is 2. The van der Waals surface area contributed by atoms with E-state index >= 15 is 0 Å². The van der Waals surface area contributed by atoms with Gasteiger partial charge in [0.25, 0.3) is 0 Å². The molecule has 17 nitrogen and oxygen atoms in total. The predicted octanol–water partition coefficient (Wildman–Crippen LogP) is 19.6. The van der Waals surface area contributed by atoms with E-state index in [-0.39, 0.29) is 25.7 Å². The van der Waals surface area contributed by atoms with E-state index in [0.29, 0.717) is 25.7 Å². The number of phosphoric acid groups is 2. The molecule has 88 heavy (non-hydrogen) atoms. The quantitative estimate of drug-likeness (QED) is 0.0222. The van der Waals surface area contributed by atoms with Crippen molar-refractivity contribution in [3.63, 3.8) is 0 Å². The van der Waals surface area contributed by atoms with Gasteiger partial charge in [-0.2, -0.15) is 0 Å². The van der Waals surface area contributed by atoms with E-state index in [4.69, 9.17) is 37.0 Å². The van der Waals surface area contributed by atoms with E-state index in [1.54, 1.807) is 0 Å². The van der Waals surface area contributed by atoms with E-state index in [0.717, 1.165) is 115 Å². The van der Waals surface area contributed by atoms with Gasteiger partial charge in [0.2, 0.25) is 0 Å². The Morgan fingerprint density at radius 1 is 0.307 bits per heavy atom. The SMILES string of the molecule is CCCCCCCCCCCCCCCC(=O)OC[C@H](COP(=O)(O)OC[C@@H](O)COP(=O)(O)OC[C@@H](COC(=O)CCCCCCCCC)OC(=O)CCCCCCCCCCC(C)C)OC(=O)CCCCCCCCCCCCCCCCC(C)C. The van der Waals surface area contributed by atoms with Gasteiger partial charge in [-0.15, -0.1) is 0 Å². The van der Waals surface area contributed by atoms with E-state index in [1.807, 2.05) is 0 Å². The van der Waals surface area contributed by atoms with Gasteiger partial charge in [0, 0.05) is 25.7 Å². The highest BCUT2D eigenvalue weighted by atomic mass is 31.2. The Hall–Kier alpha value is -1.94. The first-order chi connectivity index (χ1) is 42.4. The molecule has 0 aliphatic carbocycles. The summed E-state index contributed by atoms with van der Waals surface area (Å²) in [6.45, 7) is 9.48. The third-order valence-corrected chi connectivity index (χ3v) is 17.9. The fourth-order valence-electron chi connectivity index (χ4n) is 10.4. The monoisotopic (exact) mass is 1300 g/mol. The van der Waals surface area contributed by atoms with Gasteiger partial charge < -0.3 is 33.8 Å². The first kappa shape index (κ1) is 86.1. The fourth-order valence-corrected chi connectivity index (χ4v) is 12.0. The van der Waals surface area contributed by atoms with Crippen molar-refractivity contribution in [1.82, 2.24) is 0 Å². The second-order valence-corrected chi connectivity index (χ2v) is 28.8. The molecule has 0 radical (unpaired) electrons. The van der Waals surface area contributed by atoms with Crippen molar-refractivity contribution in [1.29, 1.82) is 0 Å². The standard InChI is InChI=1S/C69H134O17P2/c1-7-9-11-13-15-16-17-20-24-27-34-40-46-52-67(72)80-58-65(85-68(73)53-47-41-35-28-25-22-19-18-21-23-26-32-37-43-49-61(3)4)60-84-88(77,78)82-56-63(70)55-81-87(75,76)83-59-64(57-79-66(71)51-45-39-31-14-12-10-8-2)86-69(74)54-48-42-36-30-29-33-38-44-50-62(5)6/h61-65,70H,7-60H2,1-6H3,(H,75,76)(H,77,78)/t63-,64+,65+/m0/s1. The van der Waals surface area contributed by atoms with Gasteiger partial charge >= 0.3 is 39.5 Å². The molecule has 2 unspecified atom stereocenters. The molecule has 19 heteroatoms. The lowest BCUT2D eigenvalue weighted by atomic mass is 10.0. The van der Waals surface area contributed by atoms with Gasteiger partial charge in [-0.25, -0.2) is 9.13 Å². The maximum atomic E-state index is 13.0. The number of rotatable bonds is 68. The van der Waals surface area contributed by atoms with Crippen LogP contribution in [0, 0.1) is 11.8 Å². The summed E-state index contributed by atoms with van der Waals surface area (Å²) in [5.74, 6) is -0.617. The maximum absolute atomic E-state index is 13.0. The van der Waals surface area contributed by atoms with Crippen molar-refractivity contribution in [2.45, 2.75) is 368 Å². The summed E-state index contributed by atoms with van der Waals surface area (Å²) in [7, 11) is -9.89. The fraction of sp³-hybridized carbons (Fsp3) is 0.942. The maximum Gasteiger partial charge on any atom is 0.472 e. The third kappa shape index (κ3) is 62.8. The Balaban J connectivity index is 5.20. The Kier molecular flexibility index (Phi) is 59.9. The van der Waals surface area contributed by atoms with Crippen LogP contribution in [0.5, 0.6) is 0 Å². The zero-order chi connectivity index (χ0) is 65.0. The number of hydrogen-bond donors (Lipinski definition) is 3. The van der Waals surface area contributed by atoms with Gasteiger partial charge in [0.05, 0.1) is 26.4 Å². The van der Waals surface area contributed by atoms with Gasteiger partial charge in [-0.05, 0) is 37.5 Å². The Bertz CT molecular complexity index is 1720. The summed E-state index contributed by atoms with van der Waals surface area (Å²) < 4.78 is 68.1. The largest absolute Gasteiger partial charge is 0.472 e. The van der Waals surface area contributed by atoms with Gasteiger partial charge in [0.15, 0.2) is 12.2 Å². The van der Waals surface area contributed by atoms with E-state index in [9.17, 15) is 43.2 Å². The topological polar surface area (TPSA) is 237 Å². The number of aliphatic hydroxyl groups is 1. The van der Waals surface area contributed by atoms with Crippen LogP contribution in [-0.4, -0.2) is 96.7 Å². The van der Waals surface area contributed by atoms with Gasteiger partial charge in [-0.1, -0.05) is 298 Å². The van der Waals surface area contributed by atoms with Crippen LogP contribution >= 0.6 is 15.6 Å². The van der Waals surface area contributed by atoms with Crippen LogP contribution in [0.15, 0.2) is 0 Å². The molecule has 0 heterocycles. The zero-order valence-corrected chi connectivity index (χ0v) is 58.8. The van der Waals surface area contributed by atoms with Crippen LogP contribution in [0.4, 0.5) is 0 Å². The molecule has 0 saturated carbocycles. The molecular formula is C69H134O17P2. The first-order valence-corrected chi connectivity index (χ1v) is 39.0. The highest BCUT2D eigenvalue weighted by molar-refractivity contribution is 7.47. The van der Waals surface area contributed by atoms with Crippen LogP contribution < -0.4 is 0 Å². The Labute approximate surface area is 537 Å². The van der Waals surface area contributed by atoms with Gasteiger partial charge in [-0.3, -0.25) is 37.3 Å². The van der Waals surface area contributed by atoms with Crippen molar-refractivity contribution >= 4 is 39.5 Å². The van der Waals surface area contributed by atoms with Crippen molar-refractivity contribution < 1.29 is 80.2 Å². The number of ether oxygens (including phenoxy) is 4. The minimum atomic E-state index is -4.95. The predicted molar refractivity (Wildman–Crippen MR) is 354 cm³/mol. The molecule has 0 aromatic heterocycles. The molecule has 0 aliphatic rings. The molecule has 522 valence electrons. The molecule has 0 aliphatic heterocycles. The van der Waals surface area contributed by atoms with Crippen molar-refractivity contribution in [3.05, 3.63) is 0 Å². The molecule has 0 aromatic carbocycles. The summed E-state index contributed by atoms with van der Waals surface area (Å²) in [6.07, 6.45) is 45.9. The zero-order valence-electron chi connectivity index (χ0n) is 57.0. The molecule has 0 aromatic rings. The van der Waals surface area contributed by atoms with Crippen molar-refractivity contribution in [2.75, 3.05) is 39.6 Å². The smallest absolute Gasteiger partial charge is 0.462 e. The molecule has 0 amide bonds. The first-order valence-electron chi connectivity index (χ1n) is 36.0. The number of unbranched alkanes of at least 4 members (excludes halogenated alkanes) is 38. The molecular weight excluding hydrogens is 1160 g/mol. The Morgan fingerprint density at radius 3 is 0.773 bits per heavy atom. The number of aliphatic hydroxyl groups excluding tert-OH is 1. The molecule has 3 N–H and O–H groups in total. The average Bonchev–Trinajstić information content (AvgIpc) is 3.57. The number of carbonyl (C=O) groups is 4. The van der Waals surface area contributed by atoms with Crippen molar-refractivity contribution in [3.8, 4) is 0 Å². The highest BCUT2D eigenvalue weighted by Gasteiger charge is 2.30. The molecule has 0 rings (SSSR count). The second-order valence-electron chi connectivity index (χ2n) is 25.9. The van der Waals surface area contributed by atoms with E-state index < -0.39 is 97.5 Å². The molecule has 0 spiro atoms. The highest BCUT2D eigenvalue weighted by Crippen LogP contribution is 2.45. The number of carbonyl (C=O) groups excluding carboxylic acids is 4. The van der Waals surface area contributed by atoms with Gasteiger partial charge in [0.1, 0.15) is 19.3 Å². The molecule has 0 fully saturated rings. The molecule has 5 atom stereocenters. The molecule has 0 bridgehead atoms. The normalized spacial score (nSPS) is 14.2. The van der Waals surface area contributed by atoms with E-state index in [1.165, 1.54) is 154 Å². The van der Waals surface area contributed by atoms with Crippen LogP contribution in [-0.2, 0) is 65.4 Å². The van der Waals surface area contributed by atoms with E-state index in [2.05, 4.69) is 41.5 Å². The lowest BCUT2D eigenvalue weighted by Gasteiger charge is -2.21. The number of hydrogen-bond acceptors (Lipinski definition) is 15. The van der Waals surface area contributed by atoms with Crippen LogP contribution in [0.2, 0.25) is 0 Å². The van der Waals surface area contributed by atoms with Crippen LogP contribution in [0.25, 0.3) is 0 Å². The van der Waals surface area contributed by atoms with Crippen molar-refractivity contribution in [2.24, 2.45) is 11.8 Å². The summed E-state index contributed by atoms with van der Waals surface area (Å²) in [5.41, 5.74) is 0. The summed E-state index contributed by atoms with van der Waals surface area (Å²) in [6, 6.07) is 0. The summed E-state index contributed by atoms with van der Waals surface area (Å²) in [4.78, 5) is 72.3. The lowest BCUT2D eigenvalue weighted by molar-refractivity contribution is -0.161. The second kappa shape index (κ2) is 61.3. The number of esters is 4. The minimum absolute atomic E-state index is 0.104. The third-order valence-electron chi connectivity index (χ3n) is 16.0. The Morgan fingerprint density at radius 2 is 0.523 bits per heavy atom. The lowest BCUT2D eigenvalue weighted by Crippen LogP contribution is -2.30. The van der Waals surface area contributed by atoms with Crippen LogP contribution in [0.3, 0.4) is 0 Å². The minimum Gasteiger partial charge on any atom is -0.462 e.